The van der Waals surface area contributed by atoms with Crippen LogP contribution in [0.3, 0.4) is 0 Å². The maximum absolute atomic E-state index is 13.1. The Morgan fingerprint density at radius 1 is 1.32 bits per heavy atom. The number of pyridine rings is 1. The monoisotopic (exact) mass is 324 g/mol. The standard InChI is InChI=1S/C14H14BrFN2O/c1-17-7-10-2-3-11(18-8-10)9-19-12-4-5-14(16)13(15)6-12/h2-6,8,17H,7,9H2,1H3. The summed E-state index contributed by atoms with van der Waals surface area (Å²) >= 11 is 3.12. The van der Waals surface area contributed by atoms with Gasteiger partial charge in [0.15, 0.2) is 0 Å². The predicted octanol–water partition coefficient (Wildman–Crippen LogP) is 3.28. The van der Waals surface area contributed by atoms with Crippen molar-refractivity contribution >= 4 is 15.9 Å². The second kappa shape index (κ2) is 6.63. The van der Waals surface area contributed by atoms with E-state index in [1.54, 1.807) is 12.1 Å². The second-order valence-corrected chi connectivity index (χ2v) is 4.91. The van der Waals surface area contributed by atoms with Gasteiger partial charge < -0.3 is 10.1 Å². The Kier molecular flexibility index (Phi) is 4.87. The van der Waals surface area contributed by atoms with Crippen molar-refractivity contribution in [2.75, 3.05) is 7.05 Å². The minimum absolute atomic E-state index is 0.304. The van der Waals surface area contributed by atoms with E-state index >= 15 is 0 Å². The SMILES string of the molecule is CNCc1ccc(COc2ccc(F)c(Br)c2)nc1. The zero-order valence-corrected chi connectivity index (χ0v) is 12.1. The van der Waals surface area contributed by atoms with Crippen LogP contribution in [0, 0.1) is 5.82 Å². The van der Waals surface area contributed by atoms with E-state index in [-0.39, 0.29) is 5.82 Å². The number of nitrogens with zero attached hydrogens (tertiary/aromatic N) is 1. The molecule has 0 radical (unpaired) electrons. The highest BCUT2D eigenvalue weighted by Gasteiger charge is 2.02. The van der Waals surface area contributed by atoms with Gasteiger partial charge in [0.1, 0.15) is 18.2 Å². The lowest BCUT2D eigenvalue weighted by atomic mass is 10.2. The molecule has 2 rings (SSSR count). The van der Waals surface area contributed by atoms with Crippen LogP contribution in [0.1, 0.15) is 11.3 Å². The lowest BCUT2D eigenvalue weighted by Gasteiger charge is -2.07. The largest absolute Gasteiger partial charge is 0.487 e. The summed E-state index contributed by atoms with van der Waals surface area (Å²) in [6, 6.07) is 8.48. The molecule has 3 nitrogen and oxygen atoms in total. The summed E-state index contributed by atoms with van der Waals surface area (Å²) in [5.41, 5.74) is 1.95. The average Bonchev–Trinajstić information content (AvgIpc) is 2.42. The van der Waals surface area contributed by atoms with Crippen LogP contribution in [0.5, 0.6) is 5.75 Å². The van der Waals surface area contributed by atoms with Crippen molar-refractivity contribution in [3.05, 3.63) is 58.1 Å². The van der Waals surface area contributed by atoms with E-state index in [1.165, 1.54) is 6.07 Å². The van der Waals surface area contributed by atoms with E-state index in [2.05, 4.69) is 26.2 Å². The van der Waals surface area contributed by atoms with Gasteiger partial charge in [0.2, 0.25) is 0 Å². The summed E-state index contributed by atoms with van der Waals surface area (Å²) in [5, 5.41) is 3.06. The lowest BCUT2D eigenvalue weighted by molar-refractivity contribution is 0.300. The molecule has 0 unspecified atom stereocenters. The van der Waals surface area contributed by atoms with Gasteiger partial charge in [0.25, 0.3) is 0 Å². The van der Waals surface area contributed by atoms with E-state index in [0.29, 0.717) is 16.8 Å². The summed E-state index contributed by atoms with van der Waals surface area (Å²) in [7, 11) is 1.89. The second-order valence-electron chi connectivity index (χ2n) is 4.05. The molecule has 0 spiro atoms. The fourth-order valence-corrected chi connectivity index (χ4v) is 1.93. The van der Waals surface area contributed by atoms with Crippen LogP contribution in [0.4, 0.5) is 4.39 Å². The molecule has 5 heteroatoms. The number of nitrogens with one attached hydrogen (secondary N) is 1. The molecule has 1 aromatic heterocycles. The van der Waals surface area contributed by atoms with Crippen LogP contribution in [-0.4, -0.2) is 12.0 Å². The number of hydrogen-bond donors (Lipinski definition) is 1. The molecule has 0 atom stereocenters. The summed E-state index contributed by atoms with van der Waals surface area (Å²) in [6.45, 7) is 1.15. The van der Waals surface area contributed by atoms with E-state index < -0.39 is 0 Å². The third-order valence-electron chi connectivity index (χ3n) is 2.54. The number of aromatic nitrogens is 1. The Labute approximate surface area is 119 Å². The summed E-state index contributed by atoms with van der Waals surface area (Å²) in [4.78, 5) is 4.30. The van der Waals surface area contributed by atoms with Gasteiger partial charge in [-0.15, -0.1) is 0 Å². The molecule has 1 N–H and O–H groups in total. The first-order valence-corrected chi connectivity index (χ1v) is 6.64. The number of halogens is 2. The summed E-state index contributed by atoms with van der Waals surface area (Å²) in [5.74, 6) is 0.302. The van der Waals surface area contributed by atoms with Crippen LogP contribution in [0.15, 0.2) is 41.0 Å². The van der Waals surface area contributed by atoms with Gasteiger partial charge >= 0.3 is 0 Å². The summed E-state index contributed by atoms with van der Waals surface area (Å²) < 4.78 is 19.0. The molecule has 1 heterocycles. The Hall–Kier alpha value is -1.46. The maximum atomic E-state index is 13.1. The third-order valence-corrected chi connectivity index (χ3v) is 3.15. The van der Waals surface area contributed by atoms with E-state index in [9.17, 15) is 4.39 Å². The van der Waals surface area contributed by atoms with E-state index in [0.717, 1.165) is 17.8 Å². The van der Waals surface area contributed by atoms with Crippen LogP contribution < -0.4 is 10.1 Å². The number of benzene rings is 1. The molecule has 0 aliphatic heterocycles. The highest BCUT2D eigenvalue weighted by molar-refractivity contribution is 9.10. The fraction of sp³-hybridized carbons (Fsp3) is 0.214. The van der Waals surface area contributed by atoms with Crippen molar-refractivity contribution in [1.82, 2.24) is 10.3 Å². The van der Waals surface area contributed by atoms with Crippen molar-refractivity contribution in [3.8, 4) is 5.75 Å². The Balaban J connectivity index is 1.96. The van der Waals surface area contributed by atoms with Gasteiger partial charge in [-0.25, -0.2) is 4.39 Å². The minimum Gasteiger partial charge on any atom is -0.487 e. The van der Waals surface area contributed by atoms with Gasteiger partial charge in [-0.1, -0.05) is 6.07 Å². The van der Waals surface area contributed by atoms with Crippen molar-refractivity contribution in [1.29, 1.82) is 0 Å². The molecule has 1 aromatic carbocycles. The topological polar surface area (TPSA) is 34.1 Å². The molecular formula is C14H14BrFN2O. The van der Waals surface area contributed by atoms with Gasteiger partial charge in [0, 0.05) is 12.7 Å². The average molecular weight is 325 g/mol. The molecule has 0 saturated heterocycles. The van der Waals surface area contributed by atoms with Crippen LogP contribution in [0.2, 0.25) is 0 Å². The van der Waals surface area contributed by atoms with Crippen LogP contribution in [-0.2, 0) is 13.2 Å². The molecule has 2 aromatic rings. The summed E-state index contributed by atoms with van der Waals surface area (Å²) in [6.07, 6.45) is 1.82. The predicted molar refractivity (Wildman–Crippen MR) is 75.4 cm³/mol. The fourth-order valence-electron chi connectivity index (χ4n) is 1.57. The smallest absolute Gasteiger partial charge is 0.137 e. The maximum Gasteiger partial charge on any atom is 0.137 e. The molecule has 0 bridgehead atoms. The number of rotatable bonds is 5. The molecular weight excluding hydrogens is 311 g/mol. The van der Waals surface area contributed by atoms with Crippen molar-refractivity contribution in [2.45, 2.75) is 13.2 Å². The van der Waals surface area contributed by atoms with Crippen molar-refractivity contribution < 1.29 is 9.13 Å². The first-order chi connectivity index (χ1) is 9.19. The van der Waals surface area contributed by atoms with Gasteiger partial charge in [-0.3, -0.25) is 4.98 Å². The van der Waals surface area contributed by atoms with Crippen LogP contribution in [0.25, 0.3) is 0 Å². The number of hydrogen-bond acceptors (Lipinski definition) is 3. The van der Waals surface area contributed by atoms with Crippen LogP contribution >= 0.6 is 15.9 Å². The molecule has 0 aliphatic rings. The molecule has 100 valence electrons. The highest BCUT2D eigenvalue weighted by Crippen LogP contribution is 2.22. The third kappa shape index (κ3) is 4.01. The Morgan fingerprint density at radius 3 is 2.79 bits per heavy atom. The minimum atomic E-state index is -0.304. The molecule has 0 saturated carbocycles. The zero-order chi connectivity index (χ0) is 13.7. The molecule has 0 aliphatic carbocycles. The van der Waals surface area contributed by atoms with Crippen molar-refractivity contribution in [3.63, 3.8) is 0 Å². The normalized spacial score (nSPS) is 10.5. The Morgan fingerprint density at radius 2 is 2.16 bits per heavy atom. The lowest BCUT2D eigenvalue weighted by Crippen LogP contribution is -2.06. The highest BCUT2D eigenvalue weighted by atomic mass is 79.9. The Bertz CT molecular complexity index is 546. The zero-order valence-electron chi connectivity index (χ0n) is 10.5. The first kappa shape index (κ1) is 14.0. The van der Waals surface area contributed by atoms with Crippen molar-refractivity contribution in [2.24, 2.45) is 0 Å². The molecule has 19 heavy (non-hydrogen) atoms. The van der Waals surface area contributed by atoms with E-state index in [1.807, 2.05) is 25.4 Å². The van der Waals surface area contributed by atoms with Gasteiger partial charge in [-0.05, 0) is 52.8 Å². The quantitative estimate of drug-likeness (QED) is 0.916. The van der Waals surface area contributed by atoms with E-state index in [4.69, 9.17) is 4.74 Å². The molecule has 0 fully saturated rings. The molecule has 0 amide bonds. The van der Waals surface area contributed by atoms with Gasteiger partial charge in [-0.2, -0.15) is 0 Å². The number of ether oxygens (including phenoxy) is 1. The first-order valence-electron chi connectivity index (χ1n) is 5.85. The van der Waals surface area contributed by atoms with Gasteiger partial charge in [0.05, 0.1) is 10.2 Å².